The average Bonchev–Trinajstić information content (AvgIpc) is 2.74. The van der Waals surface area contributed by atoms with Crippen molar-refractivity contribution in [3.05, 3.63) is 42.3 Å². The Balaban J connectivity index is 2.09. The van der Waals surface area contributed by atoms with Gasteiger partial charge in [0, 0.05) is 17.4 Å². The molecule has 0 aliphatic rings. The van der Waals surface area contributed by atoms with Gasteiger partial charge in [-0.15, -0.1) is 0 Å². The third-order valence-corrected chi connectivity index (χ3v) is 1.84. The number of aromatic nitrogens is 1. The molecule has 0 saturated carbocycles. The standard InChI is InChI=1S/C10H9N3O2/c11-7-1-3-8(4-2-7)12-10(14)9-5-6-15-13-9/h1-6H,11H2,(H,12,14). The van der Waals surface area contributed by atoms with Crippen molar-refractivity contribution in [1.82, 2.24) is 5.16 Å². The summed E-state index contributed by atoms with van der Waals surface area (Å²) in [6.07, 6.45) is 1.35. The molecule has 0 atom stereocenters. The highest BCUT2D eigenvalue weighted by molar-refractivity contribution is 6.02. The number of carbonyl (C=O) groups excluding carboxylic acids is 1. The molecule has 0 saturated heterocycles. The molecule has 1 aromatic heterocycles. The van der Waals surface area contributed by atoms with E-state index in [0.29, 0.717) is 11.4 Å². The van der Waals surface area contributed by atoms with Crippen LogP contribution in [0.3, 0.4) is 0 Å². The maximum atomic E-state index is 11.5. The zero-order valence-electron chi connectivity index (χ0n) is 7.81. The minimum atomic E-state index is -0.312. The molecule has 15 heavy (non-hydrogen) atoms. The van der Waals surface area contributed by atoms with Crippen molar-refractivity contribution >= 4 is 17.3 Å². The predicted molar refractivity (Wildman–Crippen MR) is 55.3 cm³/mol. The molecule has 0 spiro atoms. The van der Waals surface area contributed by atoms with E-state index in [-0.39, 0.29) is 11.6 Å². The van der Waals surface area contributed by atoms with Crippen molar-refractivity contribution in [2.45, 2.75) is 0 Å². The number of nitrogen functional groups attached to an aromatic ring is 1. The number of hydrogen-bond donors (Lipinski definition) is 2. The van der Waals surface area contributed by atoms with Crippen molar-refractivity contribution in [1.29, 1.82) is 0 Å². The van der Waals surface area contributed by atoms with Gasteiger partial charge < -0.3 is 15.6 Å². The predicted octanol–water partition coefficient (Wildman–Crippen LogP) is 1.51. The lowest BCUT2D eigenvalue weighted by Gasteiger charge is -2.02. The van der Waals surface area contributed by atoms with E-state index < -0.39 is 0 Å². The second kappa shape index (κ2) is 3.83. The van der Waals surface area contributed by atoms with Gasteiger partial charge in [0.15, 0.2) is 5.69 Å². The Labute approximate surface area is 85.9 Å². The zero-order chi connectivity index (χ0) is 10.7. The van der Waals surface area contributed by atoms with Crippen molar-refractivity contribution in [3.63, 3.8) is 0 Å². The maximum absolute atomic E-state index is 11.5. The largest absolute Gasteiger partial charge is 0.399 e. The summed E-state index contributed by atoms with van der Waals surface area (Å²) in [5.74, 6) is -0.312. The molecule has 0 fully saturated rings. The highest BCUT2D eigenvalue weighted by Crippen LogP contribution is 2.11. The molecule has 0 radical (unpaired) electrons. The third kappa shape index (κ3) is 2.14. The monoisotopic (exact) mass is 203 g/mol. The highest BCUT2D eigenvalue weighted by Gasteiger charge is 2.08. The SMILES string of the molecule is Nc1ccc(NC(=O)c2ccon2)cc1. The van der Waals surface area contributed by atoms with E-state index >= 15 is 0 Å². The van der Waals surface area contributed by atoms with Gasteiger partial charge in [0.25, 0.3) is 5.91 Å². The van der Waals surface area contributed by atoms with Crippen LogP contribution in [0.15, 0.2) is 41.1 Å². The molecule has 1 heterocycles. The molecule has 1 aromatic carbocycles. The van der Waals surface area contributed by atoms with E-state index in [2.05, 4.69) is 15.0 Å². The van der Waals surface area contributed by atoms with Gasteiger partial charge in [-0.05, 0) is 24.3 Å². The maximum Gasteiger partial charge on any atom is 0.277 e. The lowest BCUT2D eigenvalue weighted by Crippen LogP contribution is -2.11. The number of anilines is 2. The van der Waals surface area contributed by atoms with Crippen LogP contribution in [0.2, 0.25) is 0 Å². The molecule has 0 aliphatic carbocycles. The molecule has 5 nitrogen and oxygen atoms in total. The van der Waals surface area contributed by atoms with E-state index in [1.54, 1.807) is 24.3 Å². The Hall–Kier alpha value is -2.30. The van der Waals surface area contributed by atoms with Gasteiger partial charge in [-0.25, -0.2) is 0 Å². The van der Waals surface area contributed by atoms with Crippen LogP contribution in [0.4, 0.5) is 11.4 Å². The van der Waals surface area contributed by atoms with Crippen molar-refractivity contribution < 1.29 is 9.32 Å². The summed E-state index contributed by atoms with van der Waals surface area (Å²) in [6.45, 7) is 0. The van der Waals surface area contributed by atoms with Gasteiger partial charge in [0.05, 0.1) is 0 Å². The summed E-state index contributed by atoms with van der Waals surface area (Å²) in [6, 6.07) is 8.34. The van der Waals surface area contributed by atoms with E-state index in [0.717, 1.165) is 0 Å². The third-order valence-electron chi connectivity index (χ3n) is 1.84. The summed E-state index contributed by atoms with van der Waals surface area (Å²) < 4.78 is 4.56. The van der Waals surface area contributed by atoms with Crippen LogP contribution in [-0.4, -0.2) is 11.1 Å². The summed E-state index contributed by atoms with van der Waals surface area (Å²) >= 11 is 0. The zero-order valence-corrected chi connectivity index (χ0v) is 7.81. The Morgan fingerprint density at radius 2 is 2.00 bits per heavy atom. The first kappa shape index (κ1) is 9.26. The molecule has 3 N–H and O–H groups in total. The summed E-state index contributed by atoms with van der Waals surface area (Å²) in [5, 5.41) is 6.17. The number of nitrogens with zero attached hydrogens (tertiary/aromatic N) is 1. The van der Waals surface area contributed by atoms with E-state index in [9.17, 15) is 4.79 Å². The number of nitrogens with two attached hydrogens (primary N) is 1. The van der Waals surface area contributed by atoms with Gasteiger partial charge in [-0.3, -0.25) is 4.79 Å². The van der Waals surface area contributed by atoms with Crippen LogP contribution in [0.25, 0.3) is 0 Å². The van der Waals surface area contributed by atoms with Gasteiger partial charge in [0.1, 0.15) is 6.26 Å². The molecule has 76 valence electrons. The lowest BCUT2D eigenvalue weighted by molar-refractivity contribution is 0.101. The average molecular weight is 203 g/mol. The van der Waals surface area contributed by atoms with Crippen LogP contribution in [0.1, 0.15) is 10.5 Å². The Morgan fingerprint density at radius 3 is 2.60 bits per heavy atom. The van der Waals surface area contributed by atoms with Crippen LogP contribution >= 0.6 is 0 Å². The second-order valence-electron chi connectivity index (χ2n) is 2.96. The topological polar surface area (TPSA) is 81.1 Å². The number of amides is 1. The number of rotatable bonds is 2. The smallest absolute Gasteiger partial charge is 0.277 e. The van der Waals surface area contributed by atoms with E-state index in [1.165, 1.54) is 12.3 Å². The lowest BCUT2D eigenvalue weighted by atomic mass is 10.3. The van der Waals surface area contributed by atoms with Gasteiger partial charge in [0.2, 0.25) is 0 Å². The van der Waals surface area contributed by atoms with Gasteiger partial charge in [-0.2, -0.15) is 0 Å². The molecule has 0 bridgehead atoms. The van der Waals surface area contributed by atoms with Crippen LogP contribution < -0.4 is 11.1 Å². The number of carbonyl (C=O) groups is 1. The molecule has 2 aromatic rings. The second-order valence-corrected chi connectivity index (χ2v) is 2.96. The highest BCUT2D eigenvalue weighted by atomic mass is 16.5. The fourth-order valence-electron chi connectivity index (χ4n) is 1.09. The normalized spacial score (nSPS) is 9.87. The number of nitrogens with one attached hydrogen (secondary N) is 1. The Morgan fingerprint density at radius 1 is 1.27 bits per heavy atom. The first-order chi connectivity index (χ1) is 7.25. The van der Waals surface area contributed by atoms with Crippen molar-refractivity contribution in [3.8, 4) is 0 Å². The van der Waals surface area contributed by atoms with Crippen molar-refractivity contribution in [2.75, 3.05) is 11.1 Å². The molecule has 2 rings (SSSR count). The summed E-state index contributed by atoms with van der Waals surface area (Å²) in [7, 11) is 0. The quantitative estimate of drug-likeness (QED) is 0.725. The van der Waals surface area contributed by atoms with Crippen LogP contribution in [0, 0.1) is 0 Å². The minimum absolute atomic E-state index is 0.242. The molecule has 0 aliphatic heterocycles. The molecule has 5 heteroatoms. The molecular weight excluding hydrogens is 194 g/mol. The van der Waals surface area contributed by atoms with E-state index in [1.807, 2.05) is 0 Å². The summed E-state index contributed by atoms with van der Waals surface area (Å²) in [4.78, 5) is 11.5. The number of benzene rings is 1. The molecule has 0 unspecified atom stereocenters. The first-order valence-corrected chi connectivity index (χ1v) is 4.33. The van der Waals surface area contributed by atoms with Crippen molar-refractivity contribution in [2.24, 2.45) is 0 Å². The Kier molecular flexibility index (Phi) is 2.37. The fraction of sp³-hybridized carbons (Fsp3) is 0. The Bertz CT molecular complexity index is 448. The van der Waals surface area contributed by atoms with Crippen LogP contribution in [0.5, 0.6) is 0 Å². The number of hydrogen-bond acceptors (Lipinski definition) is 4. The summed E-state index contributed by atoms with van der Waals surface area (Å²) in [5.41, 5.74) is 7.07. The molecular formula is C10H9N3O2. The first-order valence-electron chi connectivity index (χ1n) is 4.33. The molecule has 1 amide bonds. The van der Waals surface area contributed by atoms with Gasteiger partial charge in [-0.1, -0.05) is 5.16 Å². The van der Waals surface area contributed by atoms with E-state index in [4.69, 9.17) is 5.73 Å². The van der Waals surface area contributed by atoms with Crippen LogP contribution in [-0.2, 0) is 0 Å². The minimum Gasteiger partial charge on any atom is -0.399 e. The fourth-order valence-corrected chi connectivity index (χ4v) is 1.09. The van der Waals surface area contributed by atoms with Gasteiger partial charge >= 0.3 is 0 Å².